The monoisotopic (exact) mass is 501 g/mol. The molecule has 3 rings (SSSR count). The molecule has 0 aliphatic carbocycles. The van der Waals surface area contributed by atoms with Crippen LogP contribution in [0.15, 0.2) is 24.3 Å². The van der Waals surface area contributed by atoms with Crippen LogP contribution in [0, 0.1) is 34.9 Å². The van der Waals surface area contributed by atoms with Crippen molar-refractivity contribution in [1.29, 1.82) is 0 Å². The minimum Gasteiger partial charge on any atom is -0.418 e. The van der Waals surface area contributed by atoms with Crippen LogP contribution in [0.1, 0.15) is 31.2 Å². The van der Waals surface area contributed by atoms with Crippen LogP contribution in [-0.4, -0.2) is 33.2 Å². The summed E-state index contributed by atoms with van der Waals surface area (Å²) in [6, 6.07) is 4.88. The third-order valence-corrected chi connectivity index (χ3v) is 4.69. The summed E-state index contributed by atoms with van der Waals surface area (Å²) in [7, 11) is 0. The number of anilines is 2. The van der Waals surface area contributed by atoms with Crippen molar-refractivity contribution in [3.8, 4) is 11.8 Å². The van der Waals surface area contributed by atoms with Gasteiger partial charge in [0.2, 0.25) is 46.7 Å². The zero-order chi connectivity index (χ0) is 25.4. The number of unbranched alkanes of at least 4 members (excludes halogenated alkanes) is 3. The minimum atomic E-state index is -2.33. The second-order valence-corrected chi connectivity index (χ2v) is 7.31. The van der Waals surface area contributed by atoms with E-state index >= 15 is 0 Å². The third-order valence-electron chi connectivity index (χ3n) is 4.69. The van der Waals surface area contributed by atoms with Gasteiger partial charge in [0.25, 0.3) is 0 Å². The summed E-state index contributed by atoms with van der Waals surface area (Å²) in [6.45, 7) is 0.505. The average molecular weight is 501 g/mol. The van der Waals surface area contributed by atoms with Crippen LogP contribution in [0.4, 0.5) is 38.2 Å². The van der Waals surface area contributed by atoms with Gasteiger partial charge in [-0.1, -0.05) is 25.0 Å². The van der Waals surface area contributed by atoms with Gasteiger partial charge < -0.3 is 20.5 Å². The lowest BCUT2D eigenvalue weighted by Crippen LogP contribution is -2.12. The number of ether oxygens (including phenoxy) is 1. The van der Waals surface area contributed by atoms with Gasteiger partial charge >= 0.3 is 6.01 Å². The molecule has 188 valence electrons. The molecular weight excluding hydrogens is 480 g/mol. The SMILES string of the molecule is OCCCCCCNc1nc(NCc2cccc(F)c2)nc(Oc2c(F)c(F)c(F)c(F)c2F)n1. The van der Waals surface area contributed by atoms with E-state index in [-0.39, 0.29) is 25.0 Å². The first-order chi connectivity index (χ1) is 16.8. The molecule has 7 nitrogen and oxygen atoms in total. The Morgan fingerprint density at radius 3 is 2.03 bits per heavy atom. The molecule has 13 heteroatoms. The summed E-state index contributed by atoms with van der Waals surface area (Å²) in [5.41, 5.74) is 0.519. The first-order valence-electron chi connectivity index (χ1n) is 10.6. The van der Waals surface area contributed by atoms with Gasteiger partial charge in [-0.05, 0) is 30.5 Å². The van der Waals surface area contributed by atoms with Crippen LogP contribution in [-0.2, 0) is 6.54 Å². The minimum absolute atomic E-state index is 0.0460. The summed E-state index contributed by atoms with van der Waals surface area (Å²) < 4.78 is 86.7. The number of hydrogen-bond acceptors (Lipinski definition) is 7. The van der Waals surface area contributed by atoms with Gasteiger partial charge in [0.05, 0.1) is 0 Å². The molecule has 0 aliphatic heterocycles. The topological polar surface area (TPSA) is 92.2 Å². The summed E-state index contributed by atoms with van der Waals surface area (Å²) in [6.07, 6.45) is 2.91. The van der Waals surface area contributed by atoms with Crippen LogP contribution in [0.2, 0.25) is 0 Å². The van der Waals surface area contributed by atoms with E-state index in [1.165, 1.54) is 18.2 Å². The number of aromatic nitrogens is 3. The maximum absolute atomic E-state index is 14.0. The normalized spacial score (nSPS) is 10.9. The highest BCUT2D eigenvalue weighted by Gasteiger charge is 2.28. The van der Waals surface area contributed by atoms with Gasteiger partial charge in [-0.3, -0.25) is 0 Å². The fraction of sp³-hybridized carbons (Fsp3) is 0.318. The Labute approximate surface area is 196 Å². The first-order valence-corrected chi connectivity index (χ1v) is 10.6. The van der Waals surface area contributed by atoms with Gasteiger partial charge in [0.1, 0.15) is 5.82 Å². The van der Waals surface area contributed by atoms with E-state index in [4.69, 9.17) is 9.84 Å². The lowest BCUT2D eigenvalue weighted by molar-refractivity contribution is 0.283. The molecule has 0 radical (unpaired) electrons. The number of hydrogen-bond donors (Lipinski definition) is 3. The molecule has 0 spiro atoms. The molecular formula is C22H21F6N5O2. The van der Waals surface area contributed by atoms with Gasteiger partial charge in [0.15, 0.2) is 0 Å². The molecule has 0 amide bonds. The van der Waals surface area contributed by atoms with Crippen molar-refractivity contribution in [1.82, 2.24) is 15.0 Å². The van der Waals surface area contributed by atoms with Crippen LogP contribution in [0.3, 0.4) is 0 Å². The second kappa shape index (κ2) is 12.2. The molecule has 0 bridgehead atoms. The van der Waals surface area contributed by atoms with E-state index in [1.54, 1.807) is 6.07 Å². The molecule has 0 saturated carbocycles. The maximum atomic E-state index is 14.0. The molecule has 3 aromatic rings. The van der Waals surface area contributed by atoms with Crippen molar-refractivity contribution >= 4 is 11.9 Å². The van der Waals surface area contributed by atoms with Gasteiger partial charge in [-0.2, -0.15) is 23.7 Å². The predicted molar refractivity (Wildman–Crippen MR) is 114 cm³/mol. The number of nitrogens with zero attached hydrogens (tertiary/aromatic N) is 3. The third kappa shape index (κ3) is 6.94. The number of aliphatic hydroxyl groups is 1. The van der Waals surface area contributed by atoms with Crippen molar-refractivity contribution in [3.63, 3.8) is 0 Å². The summed E-state index contributed by atoms with van der Waals surface area (Å²) in [4.78, 5) is 11.7. The van der Waals surface area contributed by atoms with E-state index in [2.05, 4.69) is 25.6 Å². The number of rotatable bonds is 12. The van der Waals surface area contributed by atoms with Gasteiger partial charge in [-0.25, -0.2) is 17.6 Å². The Bertz CT molecular complexity index is 1140. The molecule has 0 atom stereocenters. The number of nitrogens with one attached hydrogen (secondary N) is 2. The highest BCUT2D eigenvalue weighted by atomic mass is 19.2. The molecule has 0 unspecified atom stereocenters. The summed E-state index contributed by atoms with van der Waals surface area (Å²) in [5, 5.41) is 14.4. The van der Waals surface area contributed by atoms with E-state index in [0.717, 1.165) is 12.8 Å². The van der Waals surface area contributed by atoms with Gasteiger partial charge in [0, 0.05) is 19.7 Å². The Morgan fingerprint density at radius 1 is 0.743 bits per heavy atom. The molecule has 2 aromatic carbocycles. The Hall–Kier alpha value is -3.61. The highest BCUT2D eigenvalue weighted by molar-refractivity contribution is 5.39. The molecule has 35 heavy (non-hydrogen) atoms. The van der Waals surface area contributed by atoms with Gasteiger partial charge in [-0.15, -0.1) is 0 Å². The van der Waals surface area contributed by atoms with Crippen molar-refractivity contribution in [2.24, 2.45) is 0 Å². The molecule has 0 saturated heterocycles. The van der Waals surface area contributed by atoms with Crippen LogP contribution in [0.5, 0.6) is 11.8 Å². The Morgan fingerprint density at radius 2 is 1.37 bits per heavy atom. The summed E-state index contributed by atoms with van der Waals surface area (Å²) in [5.74, 6) is -13.4. The predicted octanol–water partition coefficient (Wildman–Crippen LogP) is 5.08. The van der Waals surface area contributed by atoms with Crippen LogP contribution in [0.25, 0.3) is 0 Å². The highest BCUT2D eigenvalue weighted by Crippen LogP contribution is 2.32. The van der Waals surface area contributed by atoms with E-state index < -0.39 is 46.7 Å². The van der Waals surface area contributed by atoms with Crippen molar-refractivity contribution < 1.29 is 36.2 Å². The Kier molecular flexibility index (Phi) is 9.06. The summed E-state index contributed by atoms with van der Waals surface area (Å²) >= 11 is 0. The Balaban J connectivity index is 1.83. The lowest BCUT2D eigenvalue weighted by Gasteiger charge is -2.12. The second-order valence-electron chi connectivity index (χ2n) is 7.31. The van der Waals surface area contributed by atoms with Crippen molar-refractivity contribution in [2.45, 2.75) is 32.2 Å². The zero-order valence-corrected chi connectivity index (χ0v) is 18.2. The fourth-order valence-corrected chi connectivity index (χ4v) is 2.94. The molecule has 3 N–H and O–H groups in total. The molecule has 0 fully saturated rings. The smallest absolute Gasteiger partial charge is 0.328 e. The van der Waals surface area contributed by atoms with Crippen molar-refractivity contribution in [2.75, 3.05) is 23.8 Å². The number of benzene rings is 2. The average Bonchev–Trinajstić information content (AvgIpc) is 2.85. The lowest BCUT2D eigenvalue weighted by atomic mass is 10.2. The maximum Gasteiger partial charge on any atom is 0.328 e. The van der Waals surface area contributed by atoms with Crippen molar-refractivity contribution in [3.05, 3.63) is 64.7 Å². The first kappa shape index (κ1) is 26.0. The molecule has 0 aliphatic rings. The quantitative estimate of drug-likeness (QED) is 0.138. The van der Waals surface area contributed by atoms with E-state index in [1.807, 2.05) is 0 Å². The van der Waals surface area contributed by atoms with Crippen LogP contribution >= 0.6 is 0 Å². The molecule has 1 aromatic heterocycles. The largest absolute Gasteiger partial charge is 0.418 e. The van der Waals surface area contributed by atoms with Crippen LogP contribution < -0.4 is 15.4 Å². The molecule has 1 heterocycles. The zero-order valence-electron chi connectivity index (χ0n) is 18.2. The standard InChI is InChI=1S/C22H21F6N5O2/c23-13-7-5-6-12(10-13)11-30-21-31-20(29-8-3-1-2-4-9-34)32-22(33-21)35-19-17(27)15(25)14(24)16(26)18(19)28/h5-7,10,34H,1-4,8-9,11H2,(H2,29,30,31,32,33). The van der Waals surface area contributed by atoms with E-state index in [9.17, 15) is 26.3 Å². The fourth-order valence-electron chi connectivity index (χ4n) is 2.94. The number of aliphatic hydroxyl groups excluding tert-OH is 1. The van der Waals surface area contributed by atoms with E-state index in [0.29, 0.717) is 24.9 Å². The number of halogens is 6.